The average molecular weight is 326 g/mol. The monoisotopic (exact) mass is 326 g/mol. The standard InChI is InChI=1S/C15H22N2O6/c1-5-20-13(18)11-8-12(23-16-11)21-9-10-6-7-17(10)14(19)22-15(2,3)4/h8,10H,5-7,9H2,1-4H3/t10-/m0/s1. The summed E-state index contributed by atoms with van der Waals surface area (Å²) in [6, 6.07) is 1.29. The summed E-state index contributed by atoms with van der Waals surface area (Å²) in [5, 5.41) is 3.58. The molecule has 1 aromatic rings. The molecule has 128 valence electrons. The van der Waals surface area contributed by atoms with E-state index in [4.69, 9.17) is 18.7 Å². The second-order valence-corrected chi connectivity index (χ2v) is 6.18. The number of hydrogen-bond acceptors (Lipinski definition) is 7. The van der Waals surface area contributed by atoms with E-state index in [9.17, 15) is 9.59 Å². The Bertz CT molecular complexity index is 563. The fraction of sp³-hybridized carbons (Fsp3) is 0.667. The molecule has 1 saturated heterocycles. The van der Waals surface area contributed by atoms with Gasteiger partial charge in [0.2, 0.25) is 0 Å². The van der Waals surface area contributed by atoms with Gasteiger partial charge in [-0.15, -0.1) is 0 Å². The van der Waals surface area contributed by atoms with Gasteiger partial charge < -0.3 is 23.6 Å². The molecule has 2 heterocycles. The van der Waals surface area contributed by atoms with Crippen LogP contribution in [0.4, 0.5) is 4.79 Å². The summed E-state index contributed by atoms with van der Waals surface area (Å²) >= 11 is 0. The minimum atomic E-state index is -0.565. The van der Waals surface area contributed by atoms with E-state index in [0.717, 1.165) is 6.42 Å². The van der Waals surface area contributed by atoms with Gasteiger partial charge >= 0.3 is 18.0 Å². The molecule has 1 aliphatic heterocycles. The van der Waals surface area contributed by atoms with E-state index in [1.807, 2.05) is 20.8 Å². The number of rotatable bonds is 5. The summed E-state index contributed by atoms with van der Waals surface area (Å²) in [5.74, 6) is -0.450. The quantitative estimate of drug-likeness (QED) is 0.766. The molecule has 0 radical (unpaired) electrons. The summed E-state index contributed by atoms with van der Waals surface area (Å²) in [7, 11) is 0. The molecular formula is C15H22N2O6. The molecule has 2 rings (SSSR count). The van der Waals surface area contributed by atoms with E-state index in [1.165, 1.54) is 6.07 Å². The van der Waals surface area contributed by atoms with Crippen LogP contribution in [0.2, 0.25) is 0 Å². The van der Waals surface area contributed by atoms with Crippen molar-refractivity contribution in [2.24, 2.45) is 0 Å². The molecular weight excluding hydrogens is 304 g/mol. The summed E-state index contributed by atoms with van der Waals surface area (Å²) in [6.07, 6.45) is 0.458. The Hall–Kier alpha value is -2.25. The van der Waals surface area contributed by atoms with Crippen LogP contribution in [-0.2, 0) is 9.47 Å². The van der Waals surface area contributed by atoms with Gasteiger partial charge in [0.1, 0.15) is 12.2 Å². The fourth-order valence-corrected chi connectivity index (χ4v) is 1.98. The highest BCUT2D eigenvalue weighted by molar-refractivity contribution is 5.87. The third-order valence-electron chi connectivity index (χ3n) is 3.16. The third kappa shape index (κ3) is 4.61. The summed E-state index contributed by atoms with van der Waals surface area (Å²) < 4.78 is 20.5. The van der Waals surface area contributed by atoms with Crippen molar-refractivity contribution in [1.82, 2.24) is 10.1 Å². The summed E-state index contributed by atoms with van der Waals surface area (Å²) in [5.41, 5.74) is -0.475. The van der Waals surface area contributed by atoms with Crippen LogP contribution in [0.25, 0.3) is 0 Å². The van der Waals surface area contributed by atoms with Crippen molar-refractivity contribution < 1.29 is 28.3 Å². The van der Waals surface area contributed by atoms with Gasteiger partial charge in [0.05, 0.1) is 18.7 Å². The van der Waals surface area contributed by atoms with Gasteiger partial charge in [0, 0.05) is 6.54 Å². The maximum Gasteiger partial charge on any atom is 0.410 e. The maximum atomic E-state index is 12.0. The van der Waals surface area contributed by atoms with Crippen molar-refractivity contribution in [2.75, 3.05) is 19.8 Å². The van der Waals surface area contributed by atoms with Crippen molar-refractivity contribution in [3.05, 3.63) is 11.8 Å². The predicted octanol–water partition coefficient (Wildman–Crippen LogP) is 2.24. The van der Waals surface area contributed by atoms with Gasteiger partial charge in [-0.05, 0) is 34.1 Å². The highest BCUT2D eigenvalue weighted by Gasteiger charge is 2.36. The van der Waals surface area contributed by atoms with Gasteiger partial charge in [-0.1, -0.05) is 5.16 Å². The number of ether oxygens (including phenoxy) is 3. The number of nitrogens with zero attached hydrogens (tertiary/aromatic N) is 2. The SMILES string of the molecule is CCOC(=O)c1cc(OC[C@@H]2CCN2C(=O)OC(C)(C)C)on1. The van der Waals surface area contributed by atoms with E-state index in [0.29, 0.717) is 6.54 Å². The Balaban J connectivity index is 1.82. The Morgan fingerprint density at radius 1 is 1.43 bits per heavy atom. The lowest BCUT2D eigenvalue weighted by Crippen LogP contribution is -2.55. The first-order valence-electron chi connectivity index (χ1n) is 7.56. The van der Waals surface area contributed by atoms with Crippen LogP contribution in [0, 0.1) is 0 Å². The summed E-state index contributed by atoms with van der Waals surface area (Å²) in [4.78, 5) is 25.1. The molecule has 0 spiro atoms. The number of carbonyl (C=O) groups is 2. The molecule has 1 aromatic heterocycles. The minimum Gasteiger partial charge on any atom is -0.462 e. The number of esters is 1. The zero-order chi connectivity index (χ0) is 17.0. The van der Waals surface area contributed by atoms with Gasteiger partial charge in [0.15, 0.2) is 5.69 Å². The lowest BCUT2D eigenvalue weighted by molar-refractivity contribution is -0.0164. The molecule has 8 nitrogen and oxygen atoms in total. The van der Waals surface area contributed by atoms with E-state index in [2.05, 4.69) is 5.16 Å². The highest BCUT2D eigenvalue weighted by atomic mass is 16.6. The molecule has 0 saturated carbocycles. The van der Waals surface area contributed by atoms with E-state index >= 15 is 0 Å². The zero-order valence-electron chi connectivity index (χ0n) is 13.8. The first-order chi connectivity index (χ1) is 10.8. The minimum absolute atomic E-state index is 0.0551. The van der Waals surface area contributed by atoms with E-state index < -0.39 is 11.6 Å². The normalized spacial score (nSPS) is 17.4. The number of hydrogen-bond donors (Lipinski definition) is 0. The Morgan fingerprint density at radius 3 is 2.74 bits per heavy atom. The molecule has 8 heteroatoms. The van der Waals surface area contributed by atoms with Crippen LogP contribution < -0.4 is 4.74 Å². The van der Waals surface area contributed by atoms with Gasteiger partial charge in [0.25, 0.3) is 0 Å². The number of likely N-dealkylation sites (tertiary alicyclic amines) is 1. The molecule has 0 unspecified atom stereocenters. The molecule has 23 heavy (non-hydrogen) atoms. The molecule has 0 bridgehead atoms. The first-order valence-corrected chi connectivity index (χ1v) is 7.56. The number of amides is 1. The fourth-order valence-electron chi connectivity index (χ4n) is 1.98. The smallest absolute Gasteiger partial charge is 0.410 e. The molecule has 1 atom stereocenters. The Labute approximate surface area is 134 Å². The molecule has 0 aliphatic carbocycles. The second-order valence-electron chi connectivity index (χ2n) is 6.18. The van der Waals surface area contributed by atoms with Crippen LogP contribution in [0.3, 0.4) is 0 Å². The largest absolute Gasteiger partial charge is 0.462 e. The summed E-state index contributed by atoms with van der Waals surface area (Å²) in [6.45, 7) is 8.31. The molecule has 1 aliphatic rings. The lowest BCUT2D eigenvalue weighted by Gasteiger charge is -2.40. The van der Waals surface area contributed by atoms with Crippen LogP contribution in [0.15, 0.2) is 10.6 Å². The van der Waals surface area contributed by atoms with Crippen molar-refractivity contribution in [1.29, 1.82) is 0 Å². The van der Waals surface area contributed by atoms with E-state index in [1.54, 1.807) is 11.8 Å². The van der Waals surface area contributed by atoms with Gasteiger partial charge in [-0.2, -0.15) is 0 Å². The number of aromatic nitrogens is 1. The highest BCUT2D eigenvalue weighted by Crippen LogP contribution is 2.23. The van der Waals surface area contributed by atoms with Crippen LogP contribution in [0.1, 0.15) is 44.6 Å². The number of carbonyl (C=O) groups excluding carboxylic acids is 2. The van der Waals surface area contributed by atoms with Crippen LogP contribution >= 0.6 is 0 Å². The third-order valence-corrected chi connectivity index (χ3v) is 3.16. The Kier molecular flexibility index (Phi) is 5.12. The van der Waals surface area contributed by atoms with Crippen molar-refractivity contribution >= 4 is 12.1 Å². The molecule has 1 fully saturated rings. The zero-order valence-corrected chi connectivity index (χ0v) is 13.8. The van der Waals surface area contributed by atoms with E-state index in [-0.39, 0.29) is 37.0 Å². The first kappa shape index (κ1) is 17.1. The Morgan fingerprint density at radius 2 is 2.17 bits per heavy atom. The molecule has 1 amide bonds. The van der Waals surface area contributed by atoms with Crippen LogP contribution in [-0.4, -0.2) is 53.5 Å². The van der Waals surface area contributed by atoms with Crippen molar-refractivity contribution in [3.8, 4) is 5.95 Å². The van der Waals surface area contributed by atoms with Gasteiger partial charge in [-0.25, -0.2) is 9.59 Å². The molecule has 0 N–H and O–H groups in total. The topological polar surface area (TPSA) is 91.1 Å². The average Bonchev–Trinajstić information content (AvgIpc) is 2.84. The lowest BCUT2D eigenvalue weighted by atomic mass is 10.1. The van der Waals surface area contributed by atoms with Crippen LogP contribution in [0.5, 0.6) is 5.95 Å². The van der Waals surface area contributed by atoms with Gasteiger partial charge in [-0.3, -0.25) is 0 Å². The van der Waals surface area contributed by atoms with Crippen molar-refractivity contribution in [2.45, 2.75) is 45.8 Å². The van der Waals surface area contributed by atoms with Crippen molar-refractivity contribution in [3.63, 3.8) is 0 Å². The second kappa shape index (κ2) is 6.89. The predicted molar refractivity (Wildman–Crippen MR) is 79.3 cm³/mol. The maximum absolute atomic E-state index is 12.0. The molecule has 0 aromatic carbocycles.